The molecule has 1 saturated heterocycles. The largest absolute Gasteiger partial charge is 0.336 e. The van der Waals surface area contributed by atoms with E-state index < -0.39 is 12.5 Å². The molecular weight excluding hydrogens is 184 g/mol. The second kappa shape index (κ2) is 3.60. The number of nitrogens with zero attached hydrogens (tertiary/aromatic N) is 1. The molecule has 0 unspecified atom stereocenters. The highest BCUT2D eigenvalue weighted by atomic mass is 32.1. The van der Waals surface area contributed by atoms with Gasteiger partial charge in [-0.05, 0) is 6.42 Å². The van der Waals surface area contributed by atoms with Crippen molar-refractivity contribution in [2.24, 2.45) is 0 Å². The van der Waals surface area contributed by atoms with Gasteiger partial charge >= 0.3 is 0 Å². The van der Waals surface area contributed by atoms with Gasteiger partial charge in [0.05, 0.1) is 12.3 Å². The van der Waals surface area contributed by atoms with Crippen LogP contribution in [0.15, 0.2) is 0 Å². The van der Waals surface area contributed by atoms with Crippen molar-refractivity contribution in [3.63, 3.8) is 0 Å². The fourth-order valence-corrected chi connectivity index (χ4v) is 1.48. The summed E-state index contributed by atoms with van der Waals surface area (Å²) in [6.07, 6.45) is 0.274. The minimum absolute atomic E-state index is 0.01000. The molecule has 2 nitrogen and oxygen atoms in total. The average Bonchev–Trinajstić information content (AvgIpc) is 2.01. The Kier molecular flexibility index (Phi) is 2.93. The minimum atomic E-state index is -2.70. The first kappa shape index (κ1) is 9.77. The predicted octanol–water partition coefficient (Wildman–Crippen LogP) is 1.17. The van der Waals surface area contributed by atoms with Gasteiger partial charge in [-0.3, -0.25) is 4.79 Å². The first-order chi connectivity index (χ1) is 5.55. The molecule has 1 aliphatic rings. The average molecular weight is 195 g/mol. The van der Waals surface area contributed by atoms with Crippen LogP contribution < -0.4 is 0 Å². The van der Waals surface area contributed by atoms with E-state index in [4.69, 9.17) is 0 Å². The lowest BCUT2D eigenvalue weighted by Crippen LogP contribution is -2.46. The van der Waals surface area contributed by atoms with Crippen LogP contribution >= 0.6 is 12.6 Å². The quantitative estimate of drug-likeness (QED) is 0.623. The van der Waals surface area contributed by atoms with Crippen LogP contribution in [0.3, 0.4) is 0 Å². The number of carbonyl (C=O) groups excluding carboxylic acids is 1. The summed E-state index contributed by atoms with van der Waals surface area (Å²) in [6.45, 7) is 0.00137. The number of amides is 1. The second-order valence-electron chi connectivity index (χ2n) is 2.93. The van der Waals surface area contributed by atoms with Crippen molar-refractivity contribution in [2.75, 3.05) is 18.8 Å². The number of thiol groups is 1. The van der Waals surface area contributed by atoms with E-state index in [-0.39, 0.29) is 18.1 Å². The Morgan fingerprint density at radius 3 is 2.75 bits per heavy atom. The molecule has 0 bridgehead atoms. The van der Waals surface area contributed by atoms with Crippen molar-refractivity contribution < 1.29 is 13.6 Å². The first-order valence-corrected chi connectivity index (χ1v) is 4.45. The van der Waals surface area contributed by atoms with E-state index in [1.54, 1.807) is 0 Å². The molecular formula is C7H11F2NOS. The number of likely N-dealkylation sites (tertiary alicyclic amines) is 1. The molecule has 0 saturated carbocycles. The van der Waals surface area contributed by atoms with Crippen LogP contribution in [0.4, 0.5) is 8.78 Å². The van der Waals surface area contributed by atoms with Gasteiger partial charge in [-0.15, -0.1) is 0 Å². The van der Waals surface area contributed by atoms with Crippen molar-refractivity contribution in [1.29, 1.82) is 0 Å². The molecule has 5 heteroatoms. The van der Waals surface area contributed by atoms with Crippen molar-refractivity contribution in [3.8, 4) is 0 Å². The summed E-state index contributed by atoms with van der Waals surface area (Å²) < 4.78 is 25.5. The van der Waals surface area contributed by atoms with E-state index in [1.807, 2.05) is 0 Å². The van der Waals surface area contributed by atoms with E-state index in [0.29, 0.717) is 13.0 Å². The highest BCUT2D eigenvalue weighted by molar-refractivity contribution is 7.81. The molecule has 0 radical (unpaired) electrons. The molecule has 70 valence electrons. The third-order valence-electron chi connectivity index (χ3n) is 1.88. The molecule has 0 spiro atoms. The van der Waals surface area contributed by atoms with Crippen molar-refractivity contribution in [2.45, 2.75) is 18.8 Å². The molecule has 1 fully saturated rings. The van der Waals surface area contributed by atoms with Crippen LogP contribution in [0.5, 0.6) is 0 Å². The fraction of sp³-hybridized carbons (Fsp3) is 0.857. The van der Waals surface area contributed by atoms with Crippen LogP contribution in [0.1, 0.15) is 12.8 Å². The summed E-state index contributed by atoms with van der Waals surface area (Å²) in [5.74, 6) is -3.00. The Morgan fingerprint density at radius 1 is 1.58 bits per heavy atom. The first-order valence-electron chi connectivity index (χ1n) is 3.82. The fourth-order valence-electron chi connectivity index (χ4n) is 1.28. The second-order valence-corrected chi connectivity index (χ2v) is 3.25. The molecule has 0 atom stereocenters. The third-order valence-corrected chi connectivity index (χ3v) is 2.15. The summed E-state index contributed by atoms with van der Waals surface area (Å²) >= 11 is 3.75. The van der Waals surface area contributed by atoms with Crippen LogP contribution in [0.25, 0.3) is 0 Å². The van der Waals surface area contributed by atoms with Gasteiger partial charge in [0, 0.05) is 13.0 Å². The lowest BCUT2D eigenvalue weighted by Gasteiger charge is -2.32. The number of halogens is 2. The SMILES string of the molecule is O=C(CS)N1CCCC(F)(F)C1. The summed E-state index contributed by atoms with van der Waals surface area (Å²) in [5, 5.41) is 0. The van der Waals surface area contributed by atoms with E-state index in [9.17, 15) is 13.6 Å². The number of hydrogen-bond acceptors (Lipinski definition) is 2. The minimum Gasteiger partial charge on any atom is -0.336 e. The molecule has 1 aliphatic heterocycles. The van der Waals surface area contributed by atoms with Gasteiger partial charge in [0.25, 0.3) is 5.92 Å². The van der Waals surface area contributed by atoms with Gasteiger partial charge < -0.3 is 4.90 Å². The number of piperidine rings is 1. The summed E-state index contributed by atoms with van der Waals surface area (Å²) in [4.78, 5) is 12.1. The van der Waals surface area contributed by atoms with E-state index in [1.165, 1.54) is 4.90 Å². The van der Waals surface area contributed by atoms with E-state index in [0.717, 1.165) is 0 Å². The van der Waals surface area contributed by atoms with Gasteiger partial charge in [-0.25, -0.2) is 8.78 Å². The highest BCUT2D eigenvalue weighted by Gasteiger charge is 2.36. The smallest absolute Gasteiger partial charge is 0.265 e. The van der Waals surface area contributed by atoms with E-state index >= 15 is 0 Å². The maximum absolute atomic E-state index is 12.7. The Morgan fingerprint density at radius 2 is 2.25 bits per heavy atom. The van der Waals surface area contributed by atoms with Crippen molar-refractivity contribution in [1.82, 2.24) is 4.90 Å². The normalized spacial score (nSPS) is 22.4. The van der Waals surface area contributed by atoms with Gasteiger partial charge in [-0.1, -0.05) is 0 Å². The third kappa shape index (κ3) is 2.33. The van der Waals surface area contributed by atoms with Gasteiger partial charge in [0.2, 0.25) is 5.91 Å². The predicted molar refractivity (Wildman–Crippen MR) is 44.6 cm³/mol. The maximum atomic E-state index is 12.7. The van der Waals surface area contributed by atoms with Gasteiger partial charge in [0.15, 0.2) is 0 Å². The van der Waals surface area contributed by atoms with Gasteiger partial charge in [-0.2, -0.15) is 12.6 Å². The van der Waals surface area contributed by atoms with Crippen molar-refractivity contribution >= 4 is 18.5 Å². The number of carbonyl (C=O) groups is 1. The molecule has 1 heterocycles. The van der Waals surface area contributed by atoms with Crippen LogP contribution in [0.2, 0.25) is 0 Å². The van der Waals surface area contributed by atoms with Crippen LogP contribution in [0, 0.1) is 0 Å². The maximum Gasteiger partial charge on any atom is 0.265 e. The van der Waals surface area contributed by atoms with Crippen LogP contribution in [-0.2, 0) is 4.79 Å². The summed E-state index contributed by atoms with van der Waals surface area (Å²) in [5.41, 5.74) is 0. The lowest BCUT2D eigenvalue weighted by atomic mass is 10.1. The summed E-state index contributed by atoms with van der Waals surface area (Å²) in [6, 6.07) is 0. The molecule has 0 aromatic carbocycles. The van der Waals surface area contributed by atoms with Gasteiger partial charge in [0.1, 0.15) is 0 Å². The molecule has 12 heavy (non-hydrogen) atoms. The standard InChI is InChI=1S/C7H11F2NOS/c8-7(9)2-1-3-10(5-7)6(11)4-12/h12H,1-5H2. The zero-order valence-electron chi connectivity index (χ0n) is 6.59. The monoisotopic (exact) mass is 195 g/mol. The molecule has 1 rings (SSSR count). The summed E-state index contributed by atoms with van der Waals surface area (Å²) in [7, 11) is 0. The number of hydrogen-bond donors (Lipinski definition) is 1. The van der Waals surface area contributed by atoms with E-state index in [2.05, 4.69) is 12.6 Å². The molecule has 0 aromatic rings. The highest BCUT2D eigenvalue weighted by Crippen LogP contribution is 2.26. The van der Waals surface area contributed by atoms with Crippen molar-refractivity contribution in [3.05, 3.63) is 0 Å². The molecule has 0 aromatic heterocycles. The number of rotatable bonds is 1. The number of alkyl halides is 2. The Balaban J connectivity index is 2.52. The zero-order chi connectivity index (χ0) is 9.19. The molecule has 1 amide bonds. The lowest BCUT2D eigenvalue weighted by molar-refractivity contribution is -0.138. The Hall–Kier alpha value is -0.320. The zero-order valence-corrected chi connectivity index (χ0v) is 7.49. The topological polar surface area (TPSA) is 20.3 Å². The molecule has 0 N–H and O–H groups in total. The Bertz CT molecular complexity index is 186. The Labute approximate surface area is 75.3 Å². The van der Waals surface area contributed by atoms with Crippen LogP contribution in [-0.4, -0.2) is 35.6 Å². The molecule has 0 aliphatic carbocycles.